The minimum absolute atomic E-state index is 0.331. The Bertz CT molecular complexity index is 398. The molecule has 1 aliphatic rings. The summed E-state index contributed by atoms with van der Waals surface area (Å²) in [6, 6.07) is 7.02. The maximum absolute atomic E-state index is 2.42. The summed E-state index contributed by atoms with van der Waals surface area (Å²) in [6.45, 7) is 14.1. The average Bonchev–Trinajstić information content (AvgIpc) is 2.34. The Kier molecular flexibility index (Phi) is 2.64. The quantitative estimate of drug-likeness (QED) is 0.640. The molecule has 0 saturated heterocycles. The molecule has 0 heterocycles. The second kappa shape index (κ2) is 3.61. The van der Waals surface area contributed by atoms with Crippen LogP contribution in [0.1, 0.15) is 57.2 Å². The Morgan fingerprint density at radius 3 is 2.38 bits per heavy atom. The molecule has 2 atom stereocenters. The van der Waals surface area contributed by atoms with E-state index in [-0.39, 0.29) is 0 Å². The molecule has 1 aliphatic carbocycles. The van der Waals surface area contributed by atoms with E-state index in [1.807, 2.05) is 0 Å². The first-order valence-electron chi connectivity index (χ1n) is 6.46. The predicted octanol–water partition coefficient (Wildman–Crippen LogP) is 4.66. The van der Waals surface area contributed by atoms with Gasteiger partial charge in [0, 0.05) is 0 Å². The standard InChI is InChI=1S/C16H24/c1-10(2)15-12(4)16(5,6)14-8-7-11(3)9-13(14)15/h7-10,12,15H,1-6H3. The Labute approximate surface area is 100 Å². The van der Waals surface area contributed by atoms with Crippen molar-refractivity contribution in [3.05, 3.63) is 34.9 Å². The van der Waals surface area contributed by atoms with E-state index in [2.05, 4.69) is 59.7 Å². The summed E-state index contributed by atoms with van der Waals surface area (Å²) in [6.07, 6.45) is 0. The molecule has 0 radical (unpaired) electrons. The van der Waals surface area contributed by atoms with Crippen molar-refractivity contribution in [2.45, 2.75) is 52.9 Å². The van der Waals surface area contributed by atoms with Crippen molar-refractivity contribution < 1.29 is 0 Å². The lowest BCUT2D eigenvalue weighted by atomic mass is 9.74. The largest absolute Gasteiger partial charge is 0.0622 e. The number of rotatable bonds is 1. The van der Waals surface area contributed by atoms with Gasteiger partial charge in [-0.25, -0.2) is 0 Å². The second-order valence-corrected chi connectivity index (χ2v) is 6.37. The molecule has 2 unspecified atom stereocenters. The molecular weight excluding hydrogens is 192 g/mol. The lowest BCUT2D eigenvalue weighted by Crippen LogP contribution is -2.24. The molecule has 0 aromatic heterocycles. The molecule has 2 rings (SSSR count). The molecule has 1 aromatic rings. The molecular formula is C16H24. The number of fused-ring (bicyclic) bond motifs is 1. The van der Waals surface area contributed by atoms with Gasteiger partial charge in [-0.05, 0) is 41.2 Å². The summed E-state index contributed by atoms with van der Waals surface area (Å²) < 4.78 is 0. The second-order valence-electron chi connectivity index (χ2n) is 6.37. The van der Waals surface area contributed by atoms with Crippen molar-refractivity contribution in [2.24, 2.45) is 11.8 Å². The zero-order valence-electron chi connectivity index (χ0n) is 11.5. The van der Waals surface area contributed by atoms with Gasteiger partial charge in [-0.1, -0.05) is 58.4 Å². The zero-order chi connectivity index (χ0) is 12.1. The van der Waals surface area contributed by atoms with Crippen LogP contribution in [0.25, 0.3) is 0 Å². The number of benzene rings is 1. The van der Waals surface area contributed by atoms with Crippen molar-refractivity contribution in [3.63, 3.8) is 0 Å². The molecule has 0 N–H and O–H groups in total. The van der Waals surface area contributed by atoms with E-state index >= 15 is 0 Å². The maximum Gasteiger partial charge on any atom is -0.00692 e. The van der Waals surface area contributed by atoms with Crippen LogP contribution in [0.5, 0.6) is 0 Å². The Balaban J connectivity index is 2.60. The van der Waals surface area contributed by atoms with Gasteiger partial charge in [-0.3, -0.25) is 0 Å². The lowest BCUT2D eigenvalue weighted by Gasteiger charge is -2.29. The normalized spacial score (nSPS) is 27.2. The average molecular weight is 216 g/mol. The topological polar surface area (TPSA) is 0 Å². The van der Waals surface area contributed by atoms with E-state index in [9.17, 15) is 0 Å². The van der Waals surface area contributed by atoms with Crippen LogP contribution in [0.3, 0.4) is 0 Å². The molecule has 1 aromatic carbocycles. The van der Waals surface area contributed by atoms with Crippen molar-refractivity contribution in [1.29, 1.82) is 0 Å². The summed E-state index contributed by atoms with van der Waals surface area (Å²) in [5, 5.41) is 0. The van der Waals surface area contributed by atoms with Crippen molar-refractivity contribution in [3.8, 4) is 0 Å². The van der Waals surface area contributed by atoms with Crippen molar-refractivity contribution in [1.82, 2.24) is 0 Å². The fourth-order valence-electron chi connectivity index (χ4n) is 3.44. The van der Waals surface area contributed by atoms with E-state index in [0.29, 0.717) is 5.41 Å². The molecule has 0 nitrogen and oxygen atoms in total. The summed E-state index contributed by atoms with van der Waals surface area (Å²) in [5.41, 5.74) is 4.91. The Hall–Kier alpha value is -0.780. The number of hydrogen-bond donors (Lipinski definition) is 0. The van der Waals surface area contributed by atoms with Gasteiger partial charge in [0.25, 0.3) is 0 Å². The highest BCUT2D eigenvalue weighted by Gasteiger charge is 2.44. The molecule has 0 aliphatic heterocycles. The van der Waals surface area contributed by atoms with Crippen LogP contribution in [-0.4, -0.2) is 0 Å². The predicted molar refractivity (Wildman–Crippen MR) is 70.9 cm³/mol. The minimum Gasteiger partial charge on any atom is -0.0622 e. The molecule has 16 heavy (non-hydrogen) atoms. The first-order valence-corrected chi connectivity index (χ1v) is 6.46. The van der Waals surface area contributed by atoms with Crippen LogP contribution >= 0.6 is 0 Å². The number of hydrogen-bond acceptors (Lipinski definition) is 0. The highest BCUT2D eigenvalue weighted by molar-refractivity contribution is 5.45. The monoisotopic (exact) mass is 216 g/mol. The van der Waals surface area contributed by atoms with Crippen LogP contribution in [-0.2, 0) is 5.41 Å². The third-order valence-corrected chi connectivity index (χ3v) is 4.66. The van der Waals surface area contributed by atoms with Gasteiger partial charge in [0.15, 0.2) is 0 Å². The van der Waals surface area contributed by atoms with Crippen molar-refractivity contribution >= 4 is 0 Å². The number of aryl methyl sites for hydroxylation is 1. The van der Waals surface area contributed by atoms with E-state index in [1.54, 1.807) is 11.1 Å². The fourth-order valence-corrected chi connectivity index (χ4v) is 3.44. The first-order chi connectivity index (χ1) is 7.35. The maximum atomic E-state index is 2.42. The van der Waals surface area contributed by atoms with Gasteiger partial charge < -0.3 is 0 Å². The molecule has 0 heteroatoms. The SMILES string of the molecule is Cc1ccc2c(c1)C(C(C)C)C(C)C2(C)C. The summed E-state index contributed by atoms with van der Waals surface area (Å²) in [7, 11) is 0. The van der Waals surface area contributed by atoms with E-state index in [4.69, 9.17) is 0 Å². The van der Waals surface area contributed by atoms with Crippen LogP contribution in [0.15, 0.2) is 18.2 Å². The smallest absolute Gasteiger partial charge is 0.00692 e. The summed E-state index contributed by atoms with van der Waals surface area (Å²) in [5.74, 6) is 2.20. The van der Waals surface area contributed by atoms with Crippen LogP contribution < -0.4 is 0 Å². The molecule has 0 bridgehead atoms. The molecule has 0 amide bonds. The fraction of sp³-hybridized carbons (Fsp3) is 0.625. The first kappa shape index (κ1) is 11.7. The third kappa shape index (κ3) is 1.50. The molecule has 88 valence electrons. The Morgan fingerprint density at radius 1 is 1.19 bits per heavy atom. The molecule has 0 spiro atoms. The van der Waals surface area contributed by atoms with Gasteiger partial charge in [0.2, 0.25) is 0 Å². The van der Waals surface area contributed by atoms with E-state index in [0.717, 1.165) is 17.8 Å². The zero-order valence-corrected chi connectivity index (χ0v) is 11.5. The van der Waals surface area contributed by atoms with Crippen LogP contribution in [0.4, 0.5) is 0 Å². The molecule has 0 fully saturated rings. The third-order valence-electron chi connectivity index (χ3n) is 4.66. The minimum atomic E-state index is 0.331. The summed E-state index contributed by atoms with van der Waals surface area (Å²) in [4.78, 5) is 0. The molecule has 0 saturated carbocycles. The summed E-state index contributed by atoms with van der Waals surface area (Å²) >= 11 is 0. The van der Waals surface area contributed by atoms with Crippen LogP contribution in [0, 0.1) is 18.8 Å². The van der Waals surface area contributed by atoms with E-state index in [1.165, 1.54) is 5.56 Å². The van der Waals surface area contributed by atoms with Gasteiger partial charge in [-0.2, -0.15) is 0 Å². The van der Waals surface area contributed by atoms with Gasteiger partial charge in [-0.15, -0.1) is 0 Å². The van der Waals surface area contributed by atoms with Gasteiger partial charge in [0.1, 0.15) is 0 Å². The Morgan fingerprint density at radius 2 is 1.81 bits per heavy atom. The lowest BCUT2D eigenvalue weighted by molar-refractivity contribution is 0.286. The highest BCUT2D eigenvalue weighted by Crippen LogP contribution is 2.52. The highest BCUT2D eigenvalue weighted by atomic mass is 14.5. The van der Waals surface area contributed by atoms with E-state index < -0.39 is 0 Å². The van der Waals surface area contributed by atoms with Crippen LogP contribution in [0.2, 0.25) is 0 Å². The van der Waals surface area contributed by atoms with Gasteiger partial charge in [0.05, 0.1) is 0 Å². The van der Waals surface area contributed by atoms with Gasteiger partial charge >= 0.3 is 0 Å². The van der Waals surface area contributed by atoms with Crippen molar-refractivity contribution in [2.75, 3.05) is 0 Å².